The first kappa shape index (κ1) is 12.8. The van der Waals surface area contributed by atoms with Crippen LogP contribution in [0.2, 0.25) is 0 Å². The van der Waals surface area contributed by atoms with Crippen LogP contribution in [-0.2, 0) is 6.42 Å². The van der Waals surface area contributed by atoms with Gasteiger partial charge in [-0.1, -0.05) is 13.8 Å². The van der Waals surface area contributed by atoms with Crippen LogP contribution >= 0.6 is 38.6 Å². The van der Waals surface area contributed by atoms with E-state index >= 15 is 0 Å². The molecule has 5 heteroatoms. The molecule has 2 aromatic rings. The van der Waals surface area contributed by atoms with Crippen molar-refractivity contribution in [1.29, 1.82) is 0 Å². The molecule has 96 valence electrons. The lowest BCUT2D eigenvalue weighted by atomic mass is 9.77. The Morgan fingerprint density at radius 2 is 2.17 bits per heavy atom. The predicted molar refractivity (Wildman–Crippen MR) is 80.2 cm³/mol. The highest BCUT2D eigenvalue weighted by atomic mass is 79.9. The average Bonchev–Trinajstić information content (AvgIpc) is 2.82. The molecule has 0 bridgehead atoms. The summed E-state index contributed by atoms with van der Waals surface area (Å²) in [5, 5.41) is 11.3. The summed E-state index contributed by atoms with van der Waals surface area (Å²) in [5.41, 5.74) is 1.23. The third-order valence-electron chi connectivity index (χ3n) is 3.21. The Morgan fingerprint density at radius 3 is 2.83 bits per heavy atom. The van der Waals surface area contributed by atoms with Gasteiger partial charge in [-0.3, -0.25) is 0 Å². The van der Waals surface area contributed by atoms with Crippen LogP contribution in [0.3, 0.4) is 0 Å². The Labute approximate surface area is 123 Å². The van der Waals surface area contributed by atoms with Gasteiger partial charge in [0.25, 0.3) is 0 Å². The molecule has 1 aliphatic carbocycles. The van der Waals surface area contributed by atoms with Gasteiger partial charge in [0.2, 0.25) is 0 Å². The van der Waals surface area contributed by atoms with Crippen LogP contribution < -0.4 is 0 Å². The number of thiophene rings is 1. The Bertz CT molecular complexity index is 588. The number of hydrogen-bond donors (Lipinski definition) is 1. The van der Waals surface area contributed by atoms with Crippen LogP contribution in [0.25, 0.3) is 9.88 Å². The highest BCUT2D eigenvalue weighted by Crippen LogP contribution is 2.45. The van der Waals surface area contributed by atoms with Crippen molar-refractivity contribution in [2.75, 3.05) is 0 Å². The summed E-state index contributed by atoms with van der Waals surface area (Å²) >= 11 is 6.80. The highest BCUT2D eigenvalue weighted by molar-refractivity contribution is 9.11. The maximum atomic E-state index is 10.2. The zero-order valence-electron chi connectivity index (χ0n) is 10.2. The smallest absolute Gasteiger partial charge is 0.134 e. The number of hydrogen-bond acceptors (Lipinski definition) is 4. The Hall–Kier alpha value is -0.230. The van der Waals surface area contributed by atoms with Gasteiger partial charge >= 0.3 is 0 Å². The number of aliphatic hydroxyl groups is 1. The molecular formula is C13H14BrNOS2. The van der Waals surface area contributed by atoms with Crippen LogP contribution in [0.5, 0.6) is 0 Å². The number of fused-ring (bicyclic) bond motifs is 1. The van der Waals surface area contributed by atoms with Gasteiger partial charge < -0.3 is 5.11 Å². The second kappa shape index (κ2) is 4.40. The lowest BCUT2D eigenvalue weighted by Gasteiger charge is -2.31. The fraction of sp³-hybridized carbons (Fsp3) is 0.462. The minimum Gasteiger partial charge on any atom is -0.387 e. The monoisotopic (exact) mass is 343 g/mol. The van der Waals surface area contributed by atoms with Crippen LogP contribution in [0, 0.1) is 5.41 Å². The van der Waals surface area contributed by atoms with E-state index in [0.717, 1.165) is 32.2 Å². The van der Waals surface area contributed by atoms with Gasteiger partial charge in [0.05, 0.1) is 25.3 Å². The van der Waals surface area contributed by atoms with E-state index in [9.17, 15) is 5.11 Å². The molecule has 3 rings (SSSR count). The summed E-state index contributed by atoms with van der Waals surface area (Å²) in [5.74, 6) is 0. The number of rotatable bonds is 1. The first-order valence-corrected chi connectivity index (χ1v) is 8.31. The molecule has 0 radical (unpaired) electrons. The van der Waals surface area contributed by atoms with Crippen LogP contribution in [0.1, 0.15) is 36.9 Å². The van der Waals surface area contributed by atoms with E-state index in [-0.39, 0.29) is 11.5 Å². The molecule has 18 heavy (non-hydrogen) atoms. The summed E-state index contributed by atoms with van der Waals surface area (Å²) in [4.78, 5) is 6.96. The van der Waals surface area contributed by atoms with Gasteiger partial charge in [0, 0.05) is 0 Å². The van der Waals surface area contributed by atoms with E-state index in [4.69, 9.17) is 4.98 Å². The minimum absolute atomic E-state index is 0.147. The summed E-state index contributed by atoms with van der Waals surface area (Å²) in [6.07, 6.45) is 1.44. The predicted octanol–water partition coefficient (Wildman–Crippen LogP) is 4.64. The SMILES string of the molecule is CC1(C)Cc2nc(-c3ccc(Br)s3)sc2C(O)C1. The number of thiazole rings is 1. The molecule has 2 nitrogen and oxygen atoms in total. The maximum Gasteiger partial charge on any atom is 0.134 e. The molecule has 1 atom stereocenters. The van der Waals surface area contributed by atoms with E-state index in [2.05, 4.69) is 35.8 Å². The van der Waals surface area contributed by atoms with Gasteiger partial charge in [0.15, 0.2) is 0 Å². The Morgan fingerprint density at radius 1 is 1.39 bits per heavy atom. The molecule has 0 saturated carbocycles. The van der Waals surface area contributed by atoms with Crippen molar-refractivity contribution in [2.45, 2.75) is 32.8 Å². The quantitative estimate of drug-likeness (QED) is 0.818. The Balaban J connectivity index is 2.02. The van der Waals surface area contributed by atoms with E-state index in [1.807, 2.05) is 6.07 Å². The largest absolute Gasteiger partial charge is 0.387 e. The van der Waals surface area contributed by atoms with Gasteiger partial charge in [-0.2, -0.15) is 0 Å². The molecule has 2 aromatic heterocycles. The molecule has 0 fully saturated rings. The Kier molecular flexibility index (Phi) is 3.13. The van der Waals surface area contributed by atoms with Crippen LogP contribution in [0.4, 0.5) is 0 Å². The summed E-state index contributed by atoms with van der Waals surface area (Å²) in [6, 6.07) is 4.12. The van der Waals surface area contributed by atoms with Gasteiger partial charge in [-0.25, -0.2) is 4.98 Å². The highest BCUT2D eigenvalue weighted by Gasteiger charge is 2.34. The molecule has 0 spiro atoms. The zero-order chi connectivity index (χ0) is 12.9. The van der Waals surface area contributed by atoms with Gasteiger partial charge in [0.1, 0.15) is 5.01 Å². The fourth-order valence-corrected chi connectivity index (χ4v) is 4.94. The molecule has 0 amide bonds. The second-order valence-corrected chi connectivity index (χ2v) is 8.99. The molecule has 0 aromatic carbocycles. The van der Waals surface area contributed by atoms with Gasteiger partial charge in [-0.05, 0) is 46.3 Å². The second-order valence-electron chi connectivity index (χ2n) is 5.49. The number of halogens is 1. The fourth-order valence-electron chi connectivity index (χ4n) is 2.43. The van der Waals surface area contributed by atoms with Crippen molar-refractivity contribution in [3.05, 3.63) is 26.5 Å². The van der Waals surface area contributed by atoms with Gasteiger partial charge in [-0.15, -0.1) is 22.7 Å². The summed E-state index contributed by atoms with van der Waals surface area (Å²) in [6.45, 7) is 4.39. The number of aliphatic hydroxyl groups excluding tert-OH is 1. The van der Waals surface area contributed by atoms with Crippen molar-refractivity contribution in [1.82, 2.24) is 4.98 Å². The average molecular weight is 344 g/mol. The maximum absolute atomic E-state index is 10.2. The zero-order valence-corrected chi connectivity index (χ0v) is 13.5. The molecule has 1 aliphatic rings. The molecule has 0 saturated heterocycles. The third kappa shape index (κ3) is 2.29. The van der Waals surface area contributed by atoms with E-state index in [0.29, 0.717) is 0 Å². The molecular weight excluding hydrogens is 330 g/mol. The molecule has 1 N–H and O–H groups in total. The lowest BCUT2D eigenvalue weighted by molar-refractivity contribution is 0.102. The van der Waals surface area contributed by atoms with Crippen LogP contribution in [0.15, 0.2) is 15.9 Å². The molecule has 2 heterocycles. The normalized spacial score (nSPS) is 21.9. The lowest BCUT2D eigenvalue weighted by Crippen LogP contribution is -2.24. The van der Waals surface area contributed by atoms with Crippen molar-refractivity contribution in [2.24, 2.45) is 5.41 Å². The number of aromatic nitrogens is 1. The van der Waals surface area contributed by atoms with E-state index < -0.39 is 0 Å². The minimum atomic E-state index is -0.349. The topological polar surface area (TPSA) is 33.1 Å². The third-order valence-corrected chi connectivity index (χ3v) is 6.20. The van der Waals surface area contributed by atoms with E-state index in [1.165, 1.54) is 4.88 Å². The van der Waals surface area contributed by atoms with Crippen molar-refractivity contribution < 1.29 is 5.11 Å². The number of nitrogens with zero attached hydrogens (tertiary/aromatic N) is 1. The first-order chi connectivity index (χ1) is 8.44. The van der Waals surface area contributed by atoms with Crippen molar-refractivity contribution >= 4 is 38.6 Å². The molecule has 1 unspecified atom stereocenters. The standard InChI is InChI=1S/C13H14BrNOS2/c1-13(2)5-7-11(8(16)6-13)18-12(15-7)9-3-4-10(14)17-9/h3-4,8,16H,5-6H2,1-2H3. The van der Waals surface area contributed by atoms with Crippen molar-refractivity contribution in [3.8, 4) is 9.88 Å². The van der Waals surface area contributed by atoms with Crippen LogP contribution in [-0.4, -0.2) is 10.1 Å². The summed E-state index contributed by atoms with van der Waals surface area (Å²) in [7, 11) is 0. The van der Waals surface area contributed by atoms with Crippen molar-refractivity contribution in [3.63, 3.8) is 0 Å². The van der Waals surface area contributed by atoms with E-state index in [1.54, 1.807) is 22.7 Å². The summed E-state index contributed by atoms with van der Waals surface area (Å²) < 4.78 is 1.12. The first-order valence-electron chi connectivity index (χ1n) is 5.88. The molecule has 0 aliphatic heterocycles.